The minimum Gasteiger partial charge on any atom is -0.365 e. The van der Waals surface area contributed by atoms with Crippen molar-refractivity contribution in [3.63, 3.8) is 0 Å². The third-order valence-corrected chi connectivity index (χ3v) is 3.73. The van der Waals surface area contributed by atoms with Crippen molar-refractivity contribution in [2.24, 2.45) is 5.73 Å². The fourth-order valence-corrected chi connectivity index (χ4v) is 2.87. The average Bonchev–Trinajstić information content (AvgIpc) is 2.39. The molecule has 2 aromatic carbocycles. The lowest BCUT2D eigenvalue weighted by Crippen LogP contribution is -2.42. The lowest BCUT2D eigenvalue weighted by Gasteiger charge is -2.35. The fraction of sp³-hybridized carbons (Fsp3) is 0.294. The molecule has 1 heterocycles. The third-order valence-electron chi connectivity index (χ3n) is 3.73. The van der Waals surface area contributed by atoms with Crippen LogP contribution in [0, 0.1) is 6.92 Å². The van der Waals surface area contributed by atoms with E-state index in [9.17, 15) is 0 Å². The van der Waals surface area contributed by atoms with Crippen LogP contribution in [0.1, 0.15) is 16.7 Å². The lowest BCUT2D eigenvalue weighted by molar-refractivity contribution is 0.598. The smallest absolute Gasteiger partial charge is 0.0430 e. The summed E-state index contributed by atoms with van der Waals surface area (Å²) >= 11 is 0. The highest BCUT2D eigenvalue weighted by Gasteiger charge is 2.21. The molecule has 1 atom stereocenters. The molecule has 19 heavy (non-hydrogen) atoms. The maximum atomic E-state index is 6.20. The van der Waals surface area contributed by atoms with Crippen molar-refractivity contribution in [2.75, 3.05) is 11.4 Å². The van der Waals surface area contributed by atoms with E-state index in [1.807, 2.05) is 0 Å². The van der Waals surface area contributed by atoms with E-state index in [1.165, 1.54) is 22.4 Å². The zero-order valence-corrected chi connectivity index (χ0v) is 11.3. The Hall–Kier alpha value is -1.80. The summed E-state index contributed by atoms with van der Waals surface area (Å²) in [6.45, 7) is 4.01. The summed E-state index contributed by atoms with van der Waals surface area (Å²) in [7, 11) is 0. The monoisotopic (exact) mass is 252 g/mol. The summed E-state index contributed by atoms with van der Waals surface area (Å²) in [5.74, 6) is 0. The van der Waals surface area contributed by atoms with Gasteiger partial charge >= 0.3 is 0 Å². The highest BCUT2D eigenvalue weighted by atomic mass is 15.2. The summed E-state index contributed by atoms with van der Waals surface area (Å²) in [4.78, 5) is 2.40. The Bertz CT molecular complexity index is 563. The van der Waals surface area contributed by atoms with E-state index in [1.54, 1.807) is 0 Å². The molecule has 0 bridgehead atoms. The summed E-state index contributed by atoms with van der Waals surface area (Å²) in [6, 6.07) is 17.5. The van der Waals surface area contributed by atoms with Gasteiger partial charge in [-0.05, 0) is 30.5 Å². The quantitative estimate of drug-likeness (QED) is 0.890. The molecule has 2 nitrogen and oxygen atoms in total. The van der Waals surface area contributed by atoms with Crippen molar-refractivity contribution in [3.05, 3.63) is 65.2 Å². The number of rotatable bonds is 2. The number of benzene rings is 2. The Labute approximate surface area is 114 Å². The maximum Gasteiger partial charge on any atom is 0.0430 e. The van der Waals surface area contributed by atoms with Crippen molar-refractivity contribution in [3.8, 4) is 0 Å². The standard InChI is InChI=1S/C17H20N2/c1-13-7-8-17-15(9-13)10-16(18)12-19(17)11-14-5-3-2-4-6-14/h2-9,16H,10-12,18H2,1H3. The number of fused-ring (bicyclic) bond motifs is 1. The van der Waals surface area contributed by atoms with Crippen LogP contribution in [0.15, 0.2) is 48.5 Å². The van der Waals surface area contributed by atoms with Crippen molar-refractivity contribution in [1.82, 2.24) is 0 Å². The number of aryl methyl sites for hydroxylation is 1. The third kappa shape index (κ3) is 2.64. The van der Waals surface area contributed by atoms with E-state index >= 15 is 0 Å². The van der Waals surface area contributed by atoms with Gasteiger partial charge in [0, 0.05) is 24.8 Å². The summed E-state index contributed by atoms with van der Waals surface area (Å²) in [5, 5.41) is 0. The van der Waals surface area contributed by atoms with Crippen molar-refractivity contribution >= 4 is 5.69 Å². The van der Waals surface area contributed by atoms with Gasteiger partial charge in [-0.2, -0.15) is 0 Å². The Morgan fingerprint density at radius 2 is 1.95 bits per heavy atom. The highest BCUT2D eigenvalue weighted by Crippen LogP contribution is 2.28. The summed E-state index contributed by atoms with van der Waals surface area (Å²) in [6.07, 6.45) is 0.988. The molecular weight excluding hydrogens is 232 g/mol. The number of nitrogens with two attached hydrogens (primary N) is 1. The van der Waals surface area contributed by atoms with Gasteiger partial charge in [0.1, 0.15) is 0 Å². The van der Waals surface area contributed by atoms with Gasteiger partial charge in [-0.1, -0.05) is 48.0 Å². The van der Waals surface area contributed by atoms with Crippen LogP contribution >= 0.6 is 0 Å². The van der Waals surface area contributed by atoms with Gasteiger partial charge in [-0.3, -0.25) is 0 Å². The number of hydrogen-bond donors (Lipinski definition) is 1. The first-order valence-corrected chi connectivity index (χ1v) is 6.86. The molecular formula is C17H20N2. The molecule has 0 saturated heterocycles. The highest BCUT2D eigenvalue weighted by molar-refractivity contribution is 5.57. The second-order valence-electron chi connectivity index (χ2n) is 5.46. The molecule has 1 aliphatic heterocycles. The fourth-order valence-electron chi connectivity index (χ4n) is 2.87. The van der Waals surface area contributed by atoms with E-state index in [-0.39, 0.29) is 6.04 Å². The normalized spacial score (nSPS) is 18.2. The van der Waals surface area contributed by atoms with Gasteiger partial charge in [0.25, 0.3) is 0 Å². The molecule has 0 aliphatic carbocycles. The Morgan fingerprint density at radius 1 is 1.16 bits per heavy atom. The predicted octanol–water partition coefficient (Wildman–Crippen LogP) is 2.89. The molecule has 2 aromatic rings. The van der Waals surface area contributed by atoms with Gasteiger partial charge in [0.2, 0.25) is 0 Å². The van der Waals surface area contributed by atoms with Gasteiger partial charge in [0.05, 0.1) is 0 Å². The van der Waals surface area contributed by atoms with E-state index in [0.717, 1.165) is 19.5 Å². The first-order valence-electron chi connectivity index (χ1n) is 6.86. The molecule has 0 radical (unpaired) electrons. The zero-order chi connectivity index (χ0) is 13.2. The summed E-state index contributed by atoms with van der Waals surface area (Å²) < 4.78 is 0. The predicted molar refractivity (Wildman–Crippen MR) is 80.4 cm³/mol. The number of hydrogen-bond acceptors (Lipinski definition) is 2. The van der Waals surface area contributed by atoms with Crippen molar-refractivity contribution in [1.29, 1.82) is 0 Å². The molecule has 1 unspecified atom stereocenters. The number of anilines is 1. The van der Waals surface area contributed by atoms with Gasteiger partial charge in [-0.15, -0.1) is 0 Å². The van der Waals surface area contributed by atoms with Gasteiger partial charge < -0.3 is 10.6 Å². The largest absolute Gasteiger partial charge is 0.365 e. The topological polar surface area (TPSA) is 29.3 Å². The minimum atomic E-state index is 0.234. The first-order chi connectivity index (χ1) is 9.22. The van der Waals surface area contributed by atoms with Crippen molar-refractivity contribution in [2.45, 2.75) is 25.9 Å². The molecule has 98 valence electrons. The van der Waals surface area contributed by atoms with E-state index in [2.05, 4.69) is 60.4 Å². The Balaban J connectivity index is 1.91. The molecule has 2 N–H and O–H groups in total. The maximum absolute atomic E-state index is 6.20. The van der Waals surface area contributed by atoms with E-state index < -0.39 is 0 Å². The average molecular weight is 252 g/mol. The molecule has 0 saturated carbocycles. The minimum absolute atomic E-state index is 0.234. The number of nitrogens with zero attached hydrogens (tertiary/aromatic N) is 1. The van der Waals surface area contributed by atoms with Crippen LogP contribution in [-0.4, -0.2) is 12.6 Å². The summed E-state index contributed by atoms with van der Waals surface area (Å²) in [5.41, 5.74) is 11.6. The van der Waals surface area contributed by atoms with Crippen LogP contribution in [0.4, 0.5) is 5.69 Å². The van der Waals surface area contributed by atoms with Crippen LogP contribution in [0.2, 0.25) is 0 Å². The van der Waals surface area contributed by atoms with Crippen LogP contribution in [0.3, 0.4) is 0 Å². The van der Waals surface area contributed by atoms with E-state index in [0.29, 0.717) is 0 Å². The lowest BCUT2D eigenvalue weighted by atomic mass is 9.96. The molecule has 1 aliphatic rings. The van der Waals surface area contributed by atoms with Crippen LogP contribution < -0.4 is 10.6 Å². The molecule has 3 rings (SSSR count). The van der Waals surface area contributed by atoms with Crippen molar-refractivity contribution < 1.29 is 0 Å². The molecule has 0 spiro atoms. The van der Waals surface area contributed by atoms with Crippen LogP contribution in [0.5, 0.6) is 0 Å². The Morgan fingerprint density at radius 3 is 2.74 bits per heavy atom. The molecule has 2 heteroatoms. The second kappa shape index (κ2) is 5.06. The molecule has 0 aromatic heterocycles. The van der Waals surface area contributed by atoms with Crippen LogP contribution in [0.25, 0.3) is 0 Å². The van der Waals surface area contributed by atoms with Gasteiger partial charge in [0.15, 0.2) is 0 Å². The zero-order valence-electron chi connectivity index (χ0n) is 11.3. The SMILES string of the molecule is Cc1ccc2c(c1)CC(N)CN2Cc1ccccc1. The first kappa shape index (κ1) is 12.2. The second-order valence-corrected chi connectivity index (χ2v) is 5.46. The molecule has 0 fully saturated rings. The van der Waals surface area contributed by atoms with Gasteiger partial charge in [-0.25, -0.2) is 0 Å². The molecule has 0 amide bonds. The van der Waals surface area contributed by atoms with Crippen LogP contribution in [-0.2, 0) is 13.0 Å². The van der Waals surface area contributed by atoms with E-state index in [4.69, 9.17) is 5.73 Å². The Kier molecular flexibility index (Phi) is 3.26.